The van der Waals surface area contributed by atoms with Crippen molar-refractivity contribution in [1.29, 1.82) is 0 Å². The summed E-state index contributed by atoms with van der Waals surface area (Å²) in [7, 11) is -2.68. The number of fused-ring (bicyclic) bond motifs is 1. The summed E-state index contributed by atoms with van der Waals surface area (Å²) in [6, 6.07) is 12.1. The van der Waals surface area contributed by atoms with Crippen molar-refractivity contribution in [2.24, 2.45) is 0 Å². The van der Waals surface area contributed by atoms with Crippen LogP contribution < -0.4 is 14.4 Å². The van der Waals surface area contributed by atoms with E-state index in [1.165, 1.54) is 18.5 Å². The number of benzene rings is 2. The summed E-state index contributed by atoms with van der Waals surface area (Å²) in [6.07, 6.45) is -1.97. The number of aromatic nitrogens is 4. The monoisotopic (exact) mass is 534 g/mol. The molecular formula is C23H21F3N6O4S. The number of ether oxygens (including phenoxy) is 2. The highest BCUT2D eigenvalue weighted by molar-refractivity contribution is 7.89. The van der Waals surface area contributed by atoms with Gasteiger partial charge in [0.05, 0.1) is 7.11 Å². The summed E-state index contributed by atoms with van der Waals surface area (Å²) < 4.78 is 77.0. The van der Waals surface area contributed by atoms with Crippen LogP contribution in [0.3, 0.4) is 0 Å². The third-order valence-corrected chi connectivity index (χ3v) is 7.85. The van der Waals surface area contributed by atoms with Crippen molar-refractivity contribution in [3.8, 4) is 22.6 Å². The van der Waals surface area contributed by atoms with Crippen LogP contribution in [-0.2, 0) is 10.0 Å². The number of piperazine rings is 1. The van der Waals surface area contributed by atoms with Crippen LogP contribution in [0.1, 0.15) is 0 Å². The Bertz CT molecular complexity index is 1520. The van der Waals surface area contributed by atoms with Gasteiger partial charge in [0, 0.05) is 37.9 Å². The molecule has 0 atom stereocenters. The van der Waals surface area contributed by atoms with Gasteiger partial charge in [0.1, 0.15) is 28.5 Å². The average molecular weight is 535 g/mol. The van der Waals surface area contributed by atoms with Crippen molar-refractivity contribution in [3.63, 3.8) is 0 Å². The van der Waals surface area contributed by atoms with Crippen molar-refractivity contribution < 1.29 is 31.1 Å². The van der Waals surface area contributed by atoms with E-state index in [9.17, 15) is 21.6 Å². The molecule has 194 valence electrons. The van der Waals surface area contributed by atoms with Crippen molar-refractivity contribution in [3.05, 3.63) is 61.1 Å². The van der Waals surface area contributed by atoms with Gasteiger partial charge in [0.2, 0.25) is 10.0 Å². The second kappa shape index (κ2) is 9.52. The molecule has 2 aromatic carbocycles. The highest BCUT2D eigenvalue weighted by atomic mass is 32.2. The second-order valence-corrected chi connectivity index (χ2v) is 9.99. The molecule has 1 aliphatic heterocycles. The minimum absolute atomic E-state index is 0.0310. The Balaban J connectivity index is 1.44. The van der Waals surface area contributed by atoms with Gasteiger partial charge in [-0.05, 0) is 29.8 Å². The topological polar surface area (TPSA) is 102 Å². The first kappa shape index (κ1) is 24.8. The van der Waals surface area contributed by atoms with E-state index in [0.717, 1.165) is 27.6 Å². The Morgan fingerprint density at radius 3 is 2.32 bits per heavy atom. The summed E-state index contributed by atoms with van der Waals surface area (Å²) in [6.45, 7) is 0.569. The maximum atomic E-state index is 13.3. The van der Waals surface area contributed by atoms with E-state index in [1.807, 2.05) is 29.2 Å². The molecular weight excluding hydrogens is 513 g/mol. The molecule has 1 aliphatic rings. The fourth-order valence-electron chi connectivity index (χ4n) is 4.20. The molecule has 0 unspecified atom stereocenters. The van der Waals surface area contributed by atoms with Gasteiger partial charge in [0.25, 0.3) is 5.78 Å². The zero-order valence-electron chi connectivity index (χ0n) is 19.5. The lowest BCUT2D eigenvalue weighted by atomic mass is 10.1. The number of rotatable bonds is 6. The van der Waals surface area contributed by atoms with E-state index >= 15 is 0 Å². The lowest BCUT2D eigenvalue weighted by Gasteiger charge is -2.36. The molecule has 0 bridgehead atoms. The first-order valence-electron chi connectivity index (χ1n) is 11.1. The maximum absolute atomic E-state index is 13.3. The van der Waals surface area contributed by atoms with E-state index in [1.54, 1.807) is 17.8 Å². The summed E-state index contributed by atoms with van der Waals surface area (Å²) in [4.78, 5) is 9.93. The van der Waals surface area contributed by atoms with Crippen LogP contribution in [0.2, 0.25) is 0 Å². The van der Waals surface area contributed by atoms with Crippen LogP contribution >= 0.6 is 0 Å². The smallest absolute Gasteiger partial charge is 0.497 e. The van der Waals surface area contributed by atoms with Gasteiger partial charge in [-0.15, -0.1) is 13.2 Å². The summed E-state index contributed by atoms with van der Waals surface area (Å²) >= 11 is 0. The predicted octanol–water partition coefficient (Wildman–Crippen LogP) is 3.21. The second-order valence-electron chi connectivity index (χ2n) is 8.08. The largest absolute Gasteiger partial charge is 0.573 e. The molecule has 5 rings (SSSR count). The molecule has 0 spiro atoms. The SMILES string of the molecule is COc1ccc(-c2cnc3ncnn3c2N2CCN(S(=O)(=O)c3ccccc3OC(F)(F)F)CC2)cc1. The summed E-state index contributed by atoms with van der Waals surface area (Å²) in [5, 5.41) is 4.30. The highest BCUT2D eigenvalue weighted by Crippen LogP contribution is 2.34. The Labute approximate surface area is 209 Å². The zero-order valence-corrected chi connectivity index (χ0v) is 20.3. The van der Waals surface area contributed by atoms with Gasteiger partial charge in [-0.1, -0.05) is 24.3 Å². The van der Waals surface area contributed by atoms with Crippen LogP contribution in [-0.4, -0.2) is 72.0 Å². The number of anilines is 1. The van der Waals surface area contributed by atoms with E-state index in [2.05, 4.69) is 19.8 Å². The van der Waals surface area contributed by atoms with Gasteiger partial charge < -0.3 is 14.4 Å². The van der Waals surface area contributed by atoms with Crippen molar-refractivity contribution >= 4 is 21.6 Å². The molecule has 3 heterocycles. The molecule has 1 fully saturated rings. The molecule has 0 amide bonds. The molecule has 37 heavy (non-hydrogen) atoms. The minimum atomic E-state index is -5.02. The van der Waals surface area contributed by atoms with Gasteiger partial charge in [-0.2, -0.15) is 18.9 Å². The number of methoxy groups -OCH3 is 1. The van der Waals surface area contributed by atoms with E-state index in [0.29, 0.717) is 17.3 Å². The lowest BCUT2D eigenvalue weighted by Crippen LogP contribution is -2.49. The van der Waals surface area contributed by atoms with Crippen LogP contribution in [0.25, 0.3) is 16.9 Å². The molecule has 0 radical (unpaired) electrons. The first-order chi connectivity index (χ1) is 17.7. The van der Waals surface area contributed by atoms with Gasteiger partial charge in [-0.25, -0.2) is 13.4 Å². The predicted molar refractivity (Wildman–Crippen MR) is 127 cm³/mol. The third-order valence-electron chi connectivity index (χ3n) is 5.91. The number of hydrogen-bond acceptors (Lipinski definition) is 8. The maximum Gasteiger partial charge on any atom is 0.573 e. The molecule has 0 N–H and O–H groups in total. The van der Waals surface area contributed by atoms with E-state index in [4.69, 9.17) is 4.74 Å². The van der Waals surface area contributed by atoms with Gasteiger partial charge in [-0.3, -0.25) is 0 Å². The molecule has 10 nitrogen and oxygen atoms in total. The van der Waals surface area contributed by atoms with Crippen LogP contribution in [0.5, 0.6) is 11.5 Å². The molecule has 0 saturated carbocycles. The van der Waals surface area contributed by atoms with Crippen LogP contribution in [0.4, 0.5) is 19.0 Å². The number of para-hydroxylation sites is 1. The average Bonchev–Trinajstić information content (AvgIpc) is 3.36. The molecule has 2 aromatic heterocycles. The number of nitrogens with zero attached hydrogens (tertiary/aromatic N) is 6. The van der Waals surface area contributed by atoms with Crippen molar-refractivity contribution in [2.75, 3.05) is 38.2 Å². The molecule has 14 heteroatoms. The quantitative estimate of drug-likeness (QED) is 0.372. The summed E-state index contributed by atoms with van der Waals surface area (Å²) in [5.41, 5.74) is 1.59. The highest BCUT2D eigenvalue weighted by Gasteiger charge is 2.37. The van der Waals surface area contributed by atoms with E-state index in [-0.39, 0.29) is 26.2 Å². The standard InChI is InChI=1S/C23H21F3N6O4S/c1-35-17-8-6-16(7-9-17)18-14-27-22-28-15-29-32(22)21(18)30-10-12-31(13-11-30)37(33,34)20-5-3-2-4-19(20)36-23(24,25)26/h2-9,14-15H,10-13H2,1H3. The summed E-state index contributed by atoms with van der Waals surface area (Å²) in [5.74, 6) is 0.970. The molecule has 1 saturated heterocycles. The van der Waals surface area contributed by atoms with Crippen molar-refractivity contribution in [2.45, 2.75) is 11.3 Å². The first-order valence-corrected chi connectivity index (χ1v) is 12.5. The Morgan fingerprint density at radius 1 is 0.946 bits per heavy atom. The zero-order chi connectivity index (χ0) is 26.2. The lowest BCUT2D eigenvalue weighted by molar-refractivity contribution is -0.275. The van der Waals surface area contributed by atoms with Crippen molar-refractivity contribution in [1.82, 2.24) is 23.9 Å². The van der Waals surface area contributed by atoms with Gasteiger partial charge >= 0.3 is 6.36 Å². The fourth-order valence-corrected chi connectivity index (χ4v) is 5.73. The minimum Gasteiger partial charge on any atom is -0.497 e. The number of sulfonamides is 1. The van der Waals surface area contributed by atoms with Crippen LogP contribution in [0.15, 0.2) is 66.0 Å². The van der Waals surface area contributed by atoms with Crippen LogP contribution in [0, 0.1) is 0 Å². The normalized spacial score (nSPS) is 15.2. The fraction of sp³-hybridized carbons (Fsp3) is 0.261. The number of hydrogen-bond donors (Lipinski definition) is 0. The Kier molecular flexibility index (Phi) is 6.37. The number of alkyl halides is 3. The number of halogens is 3. The molecule has 4 aromatic rings. The van der Waals surface area contributed by atoms with Gasteiger partial charge in [0.15, 0.2) is 0 Å². The Hall–Kier alpha value is -3.91. The molecule has 0 aliphatic carbocycles. The third kappa shape index (κ3) is 4.89. The van der Waals surface area contributed by atoms with E-state index < -0.39 is 27.0 Å². The Morgan fingerprint density at radius 2 is 1.65 bits per heavy atom.